The average Bonchev–Trinajstić information content (AvgIpc) is 3.11. The fourth-order valence-electron chi connectivity index (χ4n) is 5.22. The van der Waals surface area contributed by atoms with Crippen molar-refractivity contribution in [2.24, 2.45) is 10.8 Å². The van der Waals surface area contributed by atoms with E-state index in [0.29, 0.717) is 5.41 Å². The van der Waals surface area contributed by atoms with E-state index >= 15 is 0 Å². The van der Waals surface area contributed by atoms with Crippen molar-refractivity contribution in [1.29, 1.82) is 0 Å². The van der Waals surface area contributed by atoms with E-state index in [1.54, 1.807) is 0 Å². The molecule has 0 N–H and O–H groups in total. The lowest BCUT2D eigenvalue weighted by atomic mass is 9.72. The number of hydrogen-bond donors (Lipinski definition) is 0. The highest BCUT2D eigenvalue weighted by Gasteiger charge is 2.59. The van der Waals surface area contributed by atoms with Gasteiger partial charge >= 0.3 is 0 Å². The van der Waals surface area contributed by atoms with Crippen LogP contribution < -0.4 is 0 Å². The van der Waals surface area contributed by atoms with Crippen molar-refractivity contribution >= 4 is 0 Å². The van der Waals surface area contributed by atoms with E-state index in [1.165, 1.54) is 44.3 Å². The van der Waals surface area contributed by atoms with Crippen LogP contribution in [0.5, 0.6) is 0 Å². The molecular weight excluding hydrogens is 324 g/mol. The first-order valence-corrected chi connectivity index (χ1v) is 11.0. The quantitative estimate of drug-likeness (QED) is 0.468. The minimum atomic E-state index is -0.0615. The highest BCUT2D eigenvalue weighted by molar-refractivity contribution is 5.22. The molecule has 3 rings (SSSR count). The molecule has 3 atom stereocenters. The highest BCUT2D eigenvalue weighted by Crippen LogP contribution is 2.59. The molecule has 0 aromatic rings. The fraction of sp³-hybridized carbons (Fsp3) is 0.913. The first-order chi connectivity index (χ1) is 12.4. The van der Waals surface area contributed by atoms with E-state index in [0.717, 1.165) is 45.3 Å². The van der Waals surface area contributed by atoms with E-state index in [2.05, 4.69) is 33.8 Å². The second kappa shape index (κ2) is 8.22. The van der Waals surface area contributed by atoms with Crippen molar-refractivity contribution in [1.82, 2.24) is 0 Å². The Morgan fingerprint density at radius 1 is 1.15 bits per heavy atom. The van der Waals surface area contributed by atoms with E-state index < -0.39 is 0 Å². The average molecular weight is 365 g/mol. The van der Waals surface area contributed by atoms with Crippen LogP contribution in [0.2, 0.25) is 0 Å². The molecule has 2 heterocycles. The normalized spacial score (nSPS) is 35.5. The molecular formula is C23H40O3. The van der Waals surface area contributed by atoms with Crippen molar-refractivity contribution in [3.05, 3.63) is 11.8 Å². The molecule has 0 radical (unpaired) electrons. The van der Waals surface area contributed by atoms with Gasteiger partial charge < -0.3 is 14.2 Å². The van der Waals surface area contributed by atoms with Gasteiger partial charge in [0, 0.05) is 13.0 Å². The predicted octanol–water partition coefficient (Wildman–Crippen LogP) is 6.37. The Bertz CT molecular complexity index is 478. The molecule has 3 aliphatic rings. The summed E-state index contributed by atoms with van der Waals surface area (Å²) in [5, 5.41) is 0. The van der Waals surface area contributed by atoms with Crippen molar-refractivity contribution in [2.45, 2.75) is 110 Å². The van der Waals surface area contributed by atoms with Crippen LogP contribution >= 0.6 is 0 Å². The first kappa shape index (κ1) is 20.2. The van der Waals surface area contributed by atoms with Gasteiger partial charge in [0.1, 0.15) is 5.76 Å². The van der Waals surface area contributed by atoms with Crippen LogP contribution in [0, 0.1) is 10.8 Å². The maximum atomic E-state index is 6.60. The molecule has 26 heavy (non-hydrogen) atoms. The molecule has 0 bridgehead atoms. The Hall–Kier alpha value is -0.540. The Labute approximate surface area is 160 Å². The zero-order chi connectivity index (χ0) is 18.7. The summed E-state index contributed by atoms with van der Waals surface area (Å²) in [6, 6.07) is 0. The largest absolute Gasteiger partial charge is 0.469 e. The molecule has 0 spiro atoms. The van der Waals surface area contributed by atoms with Crippen LogP contribution in [-0.4, -0.2) is 25.1 Å². The minimum absolute atomic E-state index is 0.0545. The Kier molecular flexibility index (Phi) is 6.39. The summed E-state index contributed by atoms with van der Waals surface area (Å²) < 4.78 is 18.8. The highest BCUT2D eigenvalue weighted by atomic mass is 16.7. The van der Waals surface area contributed by atoms with Gasteiger partial charge in [0.2, 0.25) is 0 Å². The molecule has 0 amide bonds. The van der Waals surface area contributed by atoms with Crippen molar-refractivity contribution in [2.75, 3.05) is 13.2 Å². The molecule has 3 nitrogen and oxygen atoms in total. The third-order valence-electron chi connectivity index (χ3n) is 7.13. The van der Waals surface area contributed by atoms with Gasteiger partial charge in [-0.3, -0.25) is 0 Å². The van der Waals surface area contributed by atoms with E-state index in [4.69, 9.17) is 14.2 Å². The summed E-state index contributed by atoms with van der Waals surface area (Å²) in [4.78, 5) is 0. The molecule has 150 valence electrons. The molecule has 3 unspecified atom stereocenters. The first-order valence-electron chi connectivity index (χ1n) is 11.0. The second-order valence-electron chi connectivity index (χ2n) is 9.72. The summed E-state index contributed by atoms with van der Waals surface area (Å²) in [5.41, 5.74) is 0.332. The van der Waals surface area contributed by atoms with Crippen LogP contribution in [0.1, 0.15) is 98.3 Å². The number of allylic oxidation sites excluding steroid dienone is 1. The van der Waals surface area contributed by atoms with Crippen molar-refractivity contribution < 1.29 is 14.2 Å². The lowest BCUT2D eigenvalue weighted by Crippen LogP contribution is -2.41. The molecule has 0 aromatic carbocycles. The summed E-state index contributed by atoms with van der Waals surface area (Å²) in [6.45, 7) is 11.1. The Morgan fingerprint density at radius 2 is 2.00 bits per heavy atom. The molecule has 2 saturated heterocycles. The van der Waals surface area contributed by atoms with E-state index in [9.17, 15) is 0 Å². The molecule has 3 fully saturated rings. The zero-order valence-corrected chi connectivity index (χ0v) is 17.6. The van der Waals surface area contributed by atoms with Gasteiger partial charge in [-0.2, -0.15) is 0 Å². The third-order valence-corrected chi connectivity index (χ3v) is 7.13. The molecule has 1 saturated carbocycles. The topological polar surface area (TPSA) is 27.7 Å². The SMILES string of the molecule is CCCCC(C)(C)CC=C(OC1CCCCO1)C12CCCC1(C)OCC2. The van der Waals surface area contributed by atoms with Gasteiger partial charge in [-0.05, 0) is 69.8 Å². The Balaban J connectivity index is 1.81. The monoisotopic (exact) mass is 364 g/mol. The van der Waals surface area contributed by atoms with Gasteiger partial charge in [-0.15, -0.1) is 0 Å². The maximum absolute atomic E-state index is 6.60. The second-order valence-corrected chi connectivity index (χ2v) is 9.72. The number of fused-ring (bicyclic) bond motifs is 1. The Morgan fingerprint density at radius 3 is 2.73 bits per heavy atom. The number of ether oxygens (including phenoxy) is 3. The van der Waals surface area contributed by atoms with Gasteiger partial charge in [-0.1, -0.05) is 33.6 Å². The summed E-state index contributed by atoms with van der Waals surface area (Å²) >= 11 is 0. The van der Waals surface area contributed by atoms with Crippen LogP contribution in [0.15, 0.2) is 11.8 Å². The predicted molar refractivity (Wildman–Crippen MR) is 106 cm³/mol. The van der Waals surface area contributed by atoms with Crippen LogP contribution in [0.3, 0.4) is 0 Å². The summed E-state index contributed by atoms with van der Waals surface area (Å²) in [5.74, 6) is 1.19. The lowest BCUT2D eigenvalue weighted by Gasteiger charge is -2.40. The molecule has 2 aliphatic heterocycles. The number of hydrogen-bond acceptors (Lipinski definition) is 3. The summed E-state index contributed by atoms with van der Waals surface area (Å²) in [6.07, 6.45) is 15.3. The zero-order valence-electron chi connectivity index (χ0n) is 17.6. The lowest BCUT2D eigenvalue weighted by molar-refractivity contribution is -0.158. The number of unbranched alkanes of at least 4 members (excludes halogenated alkanes) is 1. The van der Waals surface area contributed by atoms with Crippen LogP contribution in [0.25, 0.3) is 0 Å². The van der Waals surface area contributed by atoms with Gasteiger partial charge in [0.15, 0.2) is 6.29 Å². The van der Waals surface area contributed by atoms with Gasteiger partial charge in [0.25, 0.3) is 0 Å². The van der Waals surface area contributed by atoms with E-state index in [1.807, 2.05) is 0 Å². The number of rotatable bonds is 8. The molecule has 1 aliphatic carbocycles. The minimum Gasteiger partial charge on any atom is -0.469 e. The standard InChI is InChI=1S/C23H40O3/c1-5-6-12-21(2,3)15-11-19(26-20-10-7-8-17-24-20)23-14-9-13-22(23,4)25-18-16-23/h11,20H,5-10,12-18H2,1-4H3. The molecule has 3 heteroatoms. The van der Waals surface area contributed by atoms with Crippen LogP contribution in [-0.2, 0) is 14.2 Å². The maximum Gasteiger partial charge on any atom is 0.199 e. The molecule has 0 aromatic heterocycles. The van der Waals surface area contributed by atoms with Crippen molar-refractivity contribution in [3.63, 3.8) is 0 Å². The van der Waals surface area contributed by atoms with E-state index in [-0.39, 0.29) is 17.3 Å². The van der Waals surface area contributed by atoms with Crippen molar-refractivity contribution in [3.8, 4) is 0 Å². The fourth-order valence-corrected chi connectivity index (χ4v) is 5.22. The smallest absolute Gasteiger partial charge is 0.199 e. The summed E-state index contributed by atoms with van der Waals surface area (Å²) in [7, 11) is 0. The van der Waals surface area contributed by atoms with Gasteiger partial charge in [0.05, 0.1) is 17.6 Å². The third kappa shape index (κ3) is 4.14. The van der Waals surface area contributed by atoms with Crippen LogP contribution in [0.4, 0.5) is 0 Å². The van der Waals surface area contributed by atoms with Gasteiger partial charge in [-0.25, -0.2) is 0 Å².